The topological polar surface area (TPSA) is 47.3 Å². The number of alkyl halides is 3. The molecule has 1 fully saturated rings. The molecule has 0 saturated heterocycles. The Kier molecular flexibility index (Phi) is 5.43. The molecule has 0 aromatic rings. The Balaban J connectivity index is 2.65. The monoisotopic (exact) mass is 268 g/mol. The van der Waals surface area contributed by atoms with Crippen molar-refractivity contribution in [2.45, 2.75) is 63.3 Å². The van der Waals surface area contributed by atoms with E-state index < -0.39 is 24.2 Å². The van der Waals surface area contributed by atoms with E-state index in [2.05, 4.69) is 12.3 Å². The summed E-state index contributed by atoms with van der Waals surface area (Å²) >= 11 is 0. The summed E-state index contributed by atoms with van der Waals surface area (Å²) in [7, 11) is 1.56. The van der Waals surface area contributed by atoms with Gasteiger partial charge in [0, 0.05) is 13.5 Å². The molecule has 1 saturated carbocycles. The Morgan fingerprint density at radius 1 is 1.39 bits per heavy atom. The van der Waals surface area contributed by atoms with Crippen LogP contribution in [-0.4, -0.2) is 24.9 Å². The van der Waals surface area contributed by atoms with Crippen LogP contribution in [0, 0.1) is 5.92 Å². The minimum Gasteiger partial charge on any atom is -0.377 e. The fraction of sp³-hybridized carbons (Fsp3) is 1.00. The van der Waals surface area contributed by atoms with E-state index in [1.54, 1.807) is 7.11 Å². The zero-order valence-corrected chi connectivity index (χ0v) is 11.0. The summed E-state index contributed by atoms with van der Waals surface area (Å²) in [5.74, 6) is 6.04. The molecule has 1 unspecified atom stereocenters. The van der Waals surface area contributed by atoms with Gasteiger partial charge in [0.1, 0.15) is 0 Å². The number of rotatable bonds is 5. The number of nitrogens with two attached hydrogens (primary N) is 1. The number of halogens is 3. The van der Waals surface area contributed by atoms with Crippen LogP contribution < -0.4 is 11.3 Å². The van der Waals surface area contributed by atoms with Crippen LogP contribution in [0.25, 0.3) is 0 Å². The number of hydrogen-bond donors (Lipinski definition) is 2. The second-order valence-corrected chi connectivity index (χ2v) is 5.32. The molecule has 3 nitrogen and oxygen atoms in total. The molecule has 108 valence electrons. The third kappa shape index (κ3) is 4.10. The van der Waals surface area contributed by atoms with Crippen molar-refractivity contribution in [3.63, 3.8) is 0 Å². The van der Waals surface area contributed by atoms with Crippen LogP contribution in [0.15, 0.2) is 0 Å². The standard InChI is InChI=1S/C12H23F3N2O/c1-9-3-6-11(18-2,7-4-9)10(17-16)5-8-12(13,14)15/h9-10,17H,3-8,16H2,1-2H3. The van der Waals surface area contributed by atoms with Crippen molar-refractivity contribution in [3.8, 4) is 0 Å². The van der Waals surface area contributed by atoms with Crippen molar-refractivity contribution in [2.75, 3.05) is 7.11 Å². The number of nitrogens with one attached hydrogen (secondary N) is 1. The fourth-order valence-corrected chi connectivity index (χ4v) is 2.75. The molecule has 1 aliphatic carbocycles. The van der Waals surface area contributed by atoms with E-state index in [9.17, 15) is 13.2 Å². The first-order chi connectivity index (χ1) is 8.33. The van der Waals surface area contributed by atoms with Crippen molar-refractivity contribution in [1.82, 2.24) is 5.43 Å². The van der Waals surface area contributed by atoms with E-state index in [-0.39, 0.29) is 6.42 Å². The summed E-state index contributed by atoms with van der Waals surface area (Å²) in [5.41, 5.74) is 1.98. The first-order valence-electron chi connectivity index (χ1n) is 6.41. The van der Waals surface area contributed by atoms with Gasteiger partial charge in [-0.3, -0.25) is 11.3 Å². The molecule has 0 radical (unpaired) electrons. The van der Waals surface area contributed by atoms with Crippen molar-refractivity contribution in [2.24, 2.45) is 11.8 Å². The van der Waals surface area contributed by atoms with Gasteiger partial charge in [-0.05, 0) is 38.0 Å². The summed E-state index contributed by atoms with van der Waals surface area (Å²) in [5, 5.41) is 0. The van der Waals surface area contributed by atoms with Crippen molar-refractivity contribution in [3.05, 3.63) is 0 Å². The maximum atomic E-state index is 12.3. The van der Waals surface area contributed by atoms with E-state index in [1.807, 2.05) is 0 Å². The van der Waals surface area contributed by atoms with Gasteiger partial charge in [-0.1, -0.05) is 6.92 Å². The van der Waals surface area contributed by atoms with E-state index >= 15 is 0 Å². The molecule has 1 atom stereocenters. The first-order valence-corrected chi connectivity index (χ1v) is 6.41. The maximum absolute atomic E-state index is 12.3. The third-order valence-electron chi connectivity index (χ3n) is 4.08. The summed E-state index contributed by atoms with van der Waals surface area (Å²) in [6, 6.07) is -0.448. The predicted molar refractivity (Wildman–Crippen MR) is 63.8 cm³/mol. The molecular weight excluding hydrogens is 245 g/mol. The number of methoxy groups -OCH3 is 1. The summed E-state index contributed by atoms with van der Waals surface area (Å²) < 4.78 is 42.4. The van der Waals surface area contributed by atoms with Crippen LogP contribution in [0.5, 0.6) is 0 Å². The molecule has 0 spiro atoms. The van der Waals surface area contributed by atoms with Gasteiger partial charge in [0.25, 0.3) is 0 Å². The molecule has 0 aliphatic heterocycles. The largest absolute Gasteiger partial charge is 0.389 e. The molecule has 1 aliphatic rings. The molecule has 3 N–H and O–H groups in total. The van der Waals surface area contributed by atoms with Crippen LogP contribution in [0.4, 0.5) is 13.2 Å². The molecule has 0 amide bonds. The highest BCUT2D eigenvalue weighted by atomic mass is 19.4. The Labute approximate surface area is 106 Å². The third-order valence-corrected chi connectivity index (χ3v) is 4.08. The van der Waals surface area contributed by atoms with E-state index in [4.69, 9.17) is 10.6 Å². The van der Waals surface area contributed by atoms with Gasteiger partial charge in [-0.2, -0.15) is 13.2 Å². The van der Waals surface area contributed by atoms with Gasteiger partial charge < -0.3 is 4.74 Å². The fourth-order valence-electron chi connectivity index (χ4n) is 2.75. The average Bonchev–Trinajstić information content (AvgIpc) is 2.31. The molecule has 0 heterocycles. The SMILES string of the molecule is COC1(C(CCC(F)(F)F)NN)CCC(C)CC1. The zero-order chi connectivity index (χ0) is 13.8. The van der Waals surface area contributed by atoms with E-state index in [1.165, 1.54) is 0 Å². The Morgan fingerprint density at radius 2 is 1.94 bits per heavy atom. The van der Waals surface area contributed by atoms with Gasteiger partial charge in [-0.25, -0.2) is 0 Å². The van der Waals surface area contributed by atoms with Crippen LogP contribution in [0.1, 0.15) is 45.4 Å². The lowest BCUT2D eigenvalue weighted by Crippen LogP contribution is -2.56. The van der Waals surface area contributed by atoms with Crippen LogP contribution in [0.3, 0.4) is 0 Å². The van der Waals surface area contributed by atoms with Crippen molar-refractivity contribution >= 4 is 0 Å². The quantitative estimate of drug-likeness (QED) is 0.595. The summed E-state index contributed by atoms with van der Waals surface area (Å²) in [4.78, 5) is 0. The number of hydrogen-bond acceptors (Lipinski definition) is 3. The number of ether oxygens (including phenoxy) is 1. The molecule has 0 aromatic carbocycles. The molecule has 0 aromatic heterocycles. The second kappa shape index (κ2) is 6.21. The van der Waals surface area contributed by atoms with E-state index in [0.717, 1.165) is 25.7 Å². The normalized spacial score (nSPS) is 31.3. The van der Waals surface area contributed by atoms with Crippen molar-refractivity contribution in [1.29, 1.82) is 0 Å². The average molecular weight is 268 g/mol. The molecular formula is C12H23F3N2O. The smallest absolute Gasteiger partial charge is 0.377 e. The maximum Gasteiger partial charge on any atom is 0.389 e. The lowest BCUT2D eigenvalue weighted by molar-refractivity contribution is -0.144. The van der Waals surface area contributed by atoms with Gasteiger partial charge in [0.15, 0.2) is 0 Å². The first kappa shape index (κ1) is 15.7. The van der Waals surface area contributed by atoms with Crippen LogP contribution >= 0.6 is 0 Å². The Bertz CT molecular complexity index is 250. The molecule has 6 heteroatoms. The second-order valence-electron chi connectivity index (χ2n) is 5.32. The highest BCUT2D eigenvalue weighted by molar-refractivity contribution is 4.95. The lowest BCUT2D eigenvalue weighted by Gasteiger charge is -2.44. The van der Waals surface area contributed by atoms with Crippen LogP contribution in [0.2, 0.25) is 0 Å². The summed E-state index contributed by atoms with van der Waals surface area (Å²) in [6.45, 7) is 2.15. The van der Waals surface area contributed by atoms with Gasteiger partial charge in [0.2, 0.25) is 0 Å². The van der Waals surface area contributed by atoms with Gasteiger partial charge >= 0.3 is 6.18 Å². The minimum atomic E-state index is -4.15. The highest BCUT2D eigenvalue weighted by Crippen LogP contribution is 2.38. The van der Waals surface area contributed by atoms with E-state index in [0.29, 0.717) is 5.92 Å². The number of hydrazine groups is 1. The molecule has 0 bridgehead atoms. The van der Waals surface area contributed by atoms with Crippen LogP contribution in [-0.2, 0) is 4.74 Å². The highest BCUT2D eigenvalue weighted by Gasteiger charge is 2.42. The van der Waals surface area contributed by atoms with Gasteiger partial charge in [-0.15, -0.1) is 0 Å². The predicted octanol–water partition coefficient (Wildman–Crippen LogP) is 2.76. The lowest BCUT2D eigenvalue weighted by atomic mass is 9.74. The summed E-state index contributed by atoms with van der Waals surface area (Å²) in [6.07, 6.45) is -1.55. The Hall–Kier alpha value is -0.330. The molecule has 18 heavy (non-hydrogen) atoms. The minimum absolute atomic E-state index is 0.0395. The van der Waals surface area contributed by atoms with Gasteiger partial charge in [0.05, 0.1) is 11.6 Å². The zero-order valence-electron chi connectivity index (χ0n) is 11.0. The molecule has 1 rings (SSSR count). The Morgan fingerprint density at radius 3 is 2.33 bits per heavy atom. The van der Waals surface area contributed by atoms with Crippen molar-refractivity contribution < 1.29 is 17.9 Å².